The first kappa shape index (κ1) is 11.5. The lowest BCUT2D eigenvalue weighted by Crippen LogP contribution is -1.96. The fourth-order valence-corrected chi connectivity index (χ4v) is 1.25. The highest BCUT2D eigenvalue weighted by Gasteiger charge is 1.96. The van der Waals surface area contributed by atoms with Gasteiger partial charge in [-0.1, -0.05) is 25.5 Å². The summed E-state index contributed by atoms with van der Waals surface area (Å²) in [5.74, 6) is 0. The molecule has 4 heteroatoms. The fourth-order valence-electron chi connectivity index (χ4n) is 1.25. The van der Waals surface area contributed by atoms with Gasteiger partial charge in [0.1, 0.15) is 12.7 Å². The number of anilines is 1. The number of aryl methyl sites for hydroxylation is 1. The number of rotatable bonds is 5. The molecular weight excluding hydrogens is 190 g/mol. The highest BCUT2D eigenvalue weighted by Crippen LogP contribution is 2.11. The predicted octanol–water partition coefficient (Wildman–Crippen LogP) is 2.95. The Kier molecular flexibility index (Phi) is 4.60. The minimum Gasteiger partial charge on any atom is -0.696 e. The molecule has 0 radical (unpaired) electrons. The van der Waals surface area contributed by atoms with Crippen molar-refractivity contribution >= 4 is 5.69 Å². The summed E-state index contributed by atoms with van der Waals surface area (Å²) in [5.41, 5.74) is 4.81. The first-order chi connectivity index (χ1) is 7.22. The summed E-state index contributed by atoms with van der Waals surface area (Å²) in [7, 11) is 1.34. The third kappa shape index (κ3) is 4.44. The molecule has 0 bridgehead atoms. The van der Waals surface area contributed by atoms with Gasteiger partial charge < -0.3 is 5.21 Å². The Morgan fingerprint density at radius 1 is 1.33 bits per heavy atom. The van der Waals surface area contributed by atoms with Crippen LogP contribution in [0.15, 0.2) is 29.5 Å². The minimum atomic E-state index is 0.491. The third-order valence-electron chi connectivity index (χ3n) is 2.09. The molecule has 0 heterocycles. The van der Waals surface area contributed by atoms with Crippen LogP contribution in [0.25, 0.3) is 0 Å². The van der Waals surface area contributed by atoms with Gasteiger partial charge in [0.2, 0.25) is 0 Å². The Morgan fingerprint density at radius 2 is 2.00 bits per heavy atom. The maximum atomic E-state index is 10.5. The van der Waals surface area contributed by atoms with E-state index in [-0.39, 0.29) is 0 Å². The Morgan fingerprint density at radius 3 is 2.53 bits per heavy atom. The van der Waals surface area contributed by atoms with Crippen molar-refractivity contribution in [2.75, 3.05) is 12.5 Å². The van der Waals surface area contributed by atoms with E-state index in [2.05, 4.69) is 29.7 Å². The van der Waals surface area contributed by atoms with Gasteiger partial charge in [0.15, 0.2) is 0 Å². The standard InChI is InChI=1S/C11H17N3O/c1-3-4-5-10-6-8-11(9-7-10)12-13-14(2)15/h6-9,12H,3-5H2,1-2H3/b14-13-. The van der Waals surface area contributed by atoms with Crippen LogP contribution in [0.2, 0.25) is 0 Å². The average Bonchev–Trinajstić information content (AvgIpc) is 2.25. The van der Waals surface area contributed by atoms with Crippen molar-refractivity contribution in [3.05, 3.63) is 35.0 Å². The minimum absolute atomic E-state index is 0.491. The van der Waals surface area contributed by atoms with Crippen molar-refractivity contribution in [2.45, 2.75) is 26.2 Å². The van der Waals surface area contributed by atoms with Crippen LogP contribution in [0.1, 0.15) is 25.3 Å². The topological polar surface area (TPSA) is 50.5 Å². The van der Waals surface area contributed by atoms with Gasteiger partial charge in [-0.3, -0.25) is 0 Å². The molecule has 0 unspecified atom stereocenters. The van der Waals surface area contributed by atoms with E-state index < -0.39 is 0 Å². The van der Waals surface area contributed by atoms with Crippen LogP contribution in [0.4, 0.5) is 5.69 Å². The van der Waals surface area contributed by atoms with E-state index in [1.54, 1.807) is 0 Å². The second-order valence-corrected chi connectivity index (χ2v) is 3.48. The maximum Gasteiger partial charge on any atom is 0.146 e. The molecule has 0 amide bonds. The van der Waals surface area contributed by atoms with Crippen LogP contribution >= 0.6 is 0 Å². The van der Waals surface area contributed by atoms with Crippen LogP contribution in [0.3, 0.4) is 0 Å². The molecular formula is C11H17N3O. The average molecular weight is 207 g/mol. The van der Waals surface area contributed by atoms with Crippen molar-refractivity contribution in [2.24, 2.45) is 5.22 Å². The normalized spacial score (nSPS) is 11.5. The van der Waals surface area contributed by atoms with E-state index in [1.165, 1.54) is 25.5 Å². The molecule has 1 aromatic rings. The van der Waals surface area contributed by atoms with E-state index in [0.717, 1.165) is 12.1 Å². The third-order valence-corrected chi connectivity index (χ3v) is 2.09. The number of unbranched alkanes of at least 4 members (excludes halogenated alkanes) is 1. The quantitative estimate of drug-likeness (QED) is 0.458. The van der Waals surface area contributed by atoms with Crippen molar-refractivity contribution in [1.82, 2.24) is 0 Å². The van der Waals surface area contributed by atoms with Crippen LogP contribution in [-0.2, 0) is 6.42 Å². The SMILES string of the molecule is CCCCc1ccc(N/N=[N+](/C)[O-])cc1. The predicted molar refractivity (Wildman–Crippen MR) is 60.7 cm³/mol. The molecule has 0 saturated heterocycles. The number of nitrogens with one attached hydrogen (secondary N) is 1. The van der Waals surface area contributed by atoms with Crippen LogP contribution in [0, 0.1) is 5.21 Å². The largest absolute Gasteiger partial charge is 0.696 e. The summed E-state index contributed by atoms with van der Waals surface area (Å²) in [6, 6.07) is 7.96. The highest BCUT2D eigenvalue weighted by molar-refractivity contribution is 5.43. The lowest BCUT2D eigenvalue weighted by molar-refractivity contribution is -0.497. The van der Waals surface area contributed by atoms with Crippen LogP contribution < -0.4 is 5.43 Å². The zero-order chi connectivity index (χ0) is 11.1. The zero-order valence-corrected chi connectivity index (χ0v) is 9.23. The maximum absolute atomic E-state index is 10.5. The smallest absolute Gasteiger partial charge is 0.146 e. The summed E-state index contributed by atoms with van der Waals surface area (Å²) in [5, 5.41) is 14.0. The summed E-state index contributed by atoms with van der Waals surface area (Å²) < 4.78 is 0. The van der Waals surface area contributed by atoms with Crippen molar-refractivity contribution in [3.8, 4) is 0 Å². The Bertz CT molecular complexity index is 315. The number of hydroxylamine groups is 1. The van der Waals surface area contributed by atoms with E-state index in [1.807, 2.05) is 12.1 Å². The Hall–Kier alpha value is -1.58. The Balaban J connectivity index is 2.52. The molecule has 1 aromatic carbocycles. The van der Waals surface area contributed by atoms with Crippen LogP contribution in [-0.4, -0.2) is 11.9 Å². The molecule has 0 aromatic heterocycles. The molecule has 0 spiro atoms. The van der Waals surface area contributed by atoms with Crippen molar-refractivity contribution in [3.63, 3.8) is 0 Å². The molecule has 82 valence electrons. The molecule has 1 N–H and O–H groups in total. The fraction of sp³-hybridized carbons (Fsp3) is 0.455. The number of benzene rings is 1. The van der Waals surface area contributed by atoms with Gasteiger partial charge in [-0.15, -0.1) is 5.43 Å². The van der Waals surface area contributed by atoms with E-state index in [9.17, 15) is 5.21 Å². The van der Waals surface area contributed by atoms with Gasteiger partial charge in [0.25, 0.3) is 0 Å². The van der Waals surface area contributed by atoms with Gasteiger partial charge in [0, 0.05) is 0 Å². The summed E-state index contributed by atoms with van der Waals surface area (Å²) in [4.78, 5) is 0.491. The molecule has 0 aliphatic carbocycles. The molecule has 15 heavy (non-hydrogen) atoms. The van der Waals surface area contributed by atoms with Gasteiger partial charge in [0.05, 0.1) is 5.22 Å². The van der Waals surface area contributed by atoms with Gasteiger partial charge in [-0.2, -0.15) is 4.86 Å². The van der Waals surface area contributed by atoms with Crippen molar-refractivity contribution in [1.29, 1.82) is 0 Å². The lowest BCUT2D eigenvalue weighted by Gasteiger charge is -2.00. The van der Waals surface area contributed by atoms with Gasteiger partial charge >= 0.3 is 0 Å². The molecule has 0 aliphatic rings. The van der Waals surface area contributed by atoms with E-state index in [4.69, 9.17) is 0 Å². The Labute approximate surface area is 90.2 Å². The molecule has 0 fully saturated rings. The highest BCUT2D eigenvalue weighted by atomic mass is 16.5. The first-order valence-electron chi connectivity index (χ1n) is 5.19. The molecule has 4 nitrogen and oxygen atoms in total. The van der Waals surface area contributed by atoms with Crippen molar-refractivity contribution < 1.29 is 4.86 Å². The summed E-state index contributed by atoms with van der Waals surface area (Å²) in [6.45, 7) is 2.18. The molecule has 0 aliphatic heterocycles. The lowest BCUT2D eigenvalue weighted by atomic mass is 10.1. The molecule has 0 atom stereocenters. The van der Waals surface area contributed by atoms with E-state index in [0.29, 0.717) is 4.86 Å². The number of nitrogens with zero attached hydrogens (tertiary/aromatic N) is 2. The molecule has 0 saturated carbocycles. The second kappa shape index (κ2) is 6.01. The second-order valence-electron chi connectivity index (χ2n) is 3.48. The summed E-state index contributed by atoms with van der Waals surface area (Å²) in [6.07, 6.45) is 3.52. The molecule has 1 rings (SSSR count). The first-order valence-corrected chi connectivity index (χ1v) is 5.19. The number of hydrogen-bond donors (Lipinski definition) is 1. The van der Waals surface area contributed by atoms with Crippen LogP contribution in [0.5, 0.6) is 0 Å². The monoisotopic (exact) mass is 207 g/mol. The van der Waals surface area contributed by atoms with E-state index >= 15 is 0 Å². The van der Waals surface area contributed by atoms with Gasteiger partial charge in [-0.05, 0) is 30.5 Å². The number of hydrogen-bond acceptors (Lipinski definition) is 2. The zero-order valence-electron chi connectivity index (χ0n) is 9.23. The summed E-state index contributed by atoms with van der Waals surface area (Å²) >= 11 is 0. The van der Waals surface area contributed by atoms with Gasteiger partial charge in [-0.25, -0.2) is 0 Å².